The highest BCUT2D eigenvalue weighted by atomic mass is 32.1. The second-order valence-corrected chi connectivity index (χ2v) is 8.22. The molecule has 0 aliphatic heterocycles. The van der Waals surface area contributed by atoms with E-state index in [9.17, 15) is 9.59 Å². The quantitative estimate of drug-likeness (QED) is 0.299. The van der Waals surface area contributed by atoms with E-state index in [0.29, 0.717) is 22.1 Å². The van der Waals surface area contributed by atoms with Crippen LogP contribution in [0.5, 0.6) is 0 Å². The zero-order chi connectivity index (χ0) is 22.2. The van der Waals surface area contributed by atoms with Crippen LogP contribution in [0, 0.1) is 13.8 Å². The van der Waals surface area contributed by atoms with E-state index in [1.165, 1.54) is 11.3 Å². The standard InChI is InChI=1S/C24H19N5O2S/c1-14-21(15(2)29(28-14)16-8-4-3-5-9-16)22(30)23(31)27-24-26-20(13-32-24)18-12-25-19-11-7-6-10-17(18)19/h3-13,25H,1-2H3,(H,26,27,31). The maximum absolute atomic E-state index is 13.0. The monoisotopic (exact) mass is 441 g/mol. The van der Waals surface area contributed by atoms with Crippen molar-refractivity contribution in [3.8, 4) is 16.9 Å². The lowest BCUT2D eigenvalue weighted by atomic mass is 10.1. The zero-order valence-electron chi connectivity index (χ0n) is 17.4. The third kappa shape index (κ3) is 3.40. The van der Waals surface area contributed by atoms with Crippen molar-refractivity contribution >= 4 is 39.1 Å². The largest absolute Gasteiger partial charge is 0.360 e. The number of anilines is 1. The summed E-state index contributed by atoms with van der Waals surface area (Å²) in [5, 5.41) is 10.4. The van der Waals surface area contributed by atoms with Crippen LogP contribution in [0.4, 0.5) is 5.13 Å². The molecule has 0 spiro atoms. The van der Waals surface area contributed by atoms with E-state index in [0.717, 1.165) is 27.8 Å². The number of carbonyl (C=O) groups excluding carboxylic acids is 2. The Morgan fingerprint density at radius 2 is 1.78 bits per heavy atom. The highest BCUT2D eigenvalue weighted by molar-refractivity contribution is 7.14. The van der Waals surface area contributed by atoms with Crippen LogP contribution in [0.25, 0.3) is 27.8 Å². The van der Waals surface area contributed by atoms with Crippen molar-refractivity contribution in [2.24, 2.45) is 0 Å². The fourth-order valence-electron chi connectivity index (χ4n) is 3.80. The fourth-order valence-corrected chi connectivity index (χ4v) is 4.50. The number of carbonyl (C=O) groups is 2. The summed E-state index contributed by atoms with van der Waals surface area (Å²) >= 11 is 1.28. The topological polar surface area (TPSA) is 92.7 Å². The fraction of sp³-hybridized carbons (Fsp3) is 0.0833. The summed E-state index contributed by atoms with van der Waals surface area (Å²) in [5.74, 6) is -1.37. The number of thiazole rings is 1. The van der Waals surface area contributed by atoms with Gasteiger partial charge in [-0.05, 0) is 32.0 Å². The van der Waals surface area contributed by atoms with Gasteiger partial charge in [0.1, 0.15) is 0 Å². The number of Topliss-reactive ketones (excluding diaryl/α,β-unsaturated/α-hetero) is 1. The van der Waals surface area contributed by atoms with Gasteiger partial charge in [-0.3, -0.25) is 14.9 Å². The highest BCUT2D eigenvalue weighted by Gasteiger charge is 2.26. The van der Waals surface area contributed by atoms with Gasteiger partial charge in [-0.15, -0.1) is 11.3 Å². The Labute approximate surface area is 187 Å². The smallest absolute Gasteiger partial charge is 0.298 e. The van der Waals surface area contributed by atoms with Gasteiger partial charge in [-0.2, -0.15) is 5.10 Å². The molecule has 32 heavy (non-hydrogen) atoms. The van der Waals surface area contributed by atoms with Crippen molar-refractivity contribution in [3.05, 3.63) is 83.1 Å². The summed E-state index contributed by atoms with van der Waals surface area (Å²) in [7, 11) is 0. The van der Waals surface area contributed by atoms with Gasteiger partial charge >= 0.3 is 0 Å². The van der Waals surface area contributed by atoms with Crippen LogP contribution < -0.4 is 5.32 Å². The number of rotatable bonds is 5. The minimum atomic E-state index is -0.733. The Hall–Kier alpha value is -4.04. The lowest BCUT2D eigenvalue weighted by molar-refractivity contribution is -0.112. The third-order valence-corrected chi connectivity index (χ3v) is 6.07. The number of benzene rings is 2. The van der Waals surface area contributed by atoms with Gasteiger partial charge in [0.15, 0.2) is 5.13 Å². The van der Waals surface area contributed by atoms with E-state index in [-0.39, 0.29) is 0 Å². The summed E-state index contributed by atoms with van der Waals surface area (Å²) in [5.41, 5.74) is 4.95. The van der Waals surface area contributed by atoms with Crippen molar-refractivity contribution in [1.29, 1.82) is 0 Å². The SMILES string of the molecule is Cc1nn(-c2ccccc2)c(C)c1C(=O)C(=O)Nc1nc(-c2c[nH]c3ccccc23)cs1. The minimum absolute atomic E-state index is 0.305. The number of ketones is 1. The summed E-state index contributed by atoms with van der Waals surface area (Å²) in [6, 6.07) is 17.4. The predicted octanol–water partition coefficient (Wildman–Crippen LogP) is 4.92. The molecule has 8 heteroatoms. The molecule has 3 heterocycles. The molecule has 2 N–H and O–H groups in total. The molecule has 5 rings (SSSR count). The molecule has 0 fully saturated rings. The summed E-state index contributed by atoms with van der Waals surface area (Å²) in [4.78, 5) is 33.4. The lowest BCUT2D eigenvalue weighted by Crippen LogP contribution is -2.24. The van der Waals surface area contributed by atoms with Gasteiger partial charge in [0.05, 0.1) is 28.3 Å². The lowest BCUT2D eigenvalue weighted by Gasteiger charge is -2.05. The van der Waals surface area contributed by atoms with Crippen LogP contribution in [-0.2, 0) is 4.79 Å². The number of aromatic amines is 1. The first-order valence-corrected chi connectivity index (χ1v) is 10.9. The number of hydrogen-bond acceptors (Lipinski definition) is 5. The summed E-state index contributed by atoms with van der Waals surface area (Å²) in [6.45, 7) is 3.51. The number of aryl methyl sites for hydroxylation is 1. The average molecular weight is 442 g/mol. The number of fused-ring (bicyclic) bond motifs is 1. The molecule has 0 aliphatic carbocycles. The van der Waals surface area contributed by atoms with Gasteiger partial charge in [0, 0.05) is 28.0 Å². The maximum Gasteiger partial charge on any atom is 0.298 e. The Bertz CT molecular complexity index is 1460. The number of nitrogens with zero attached hydrogens (tertiary/aromatic N) is 3. The van der Waals surface area contributed by atoms with Gasteiger partial charge in [0.2, 0.25) is 0 Å². The van der Waals surface area contributed by atoms with Crippen LogP contribution >= 0.6 is 11.3 Å². The molecular formula is C24H19N5O2S. The van der Waals surface area contributed by atoms with E-state index in [1.807, 2.05) is 66.2 Å². The molecule has 0 bridgehead atoms. The average Bonchev–Trinajstić information content (AvgIpc) is 3.51. The van der Waals surface area contributed by atoms with Crippen LogP contribution in [0.2, 0.25) is 0 Å². The summed E-state index contributed by atoms with van der Waals surface area (Å²) < 4.78 is 1.67. The molecule has 3 aromatic heterocycles. The molecule has 2 aromatic carbocycles. The third-order valence-electron chi connectivity index (χ3n) is 5.32. The number of nitrogens with one attached hydrogen (secondary N) is 2. The first kappa shape index (κ1) is 19.9. The predicted molar refractivity (Wildman–Crippen MR) is 125 cm³/mol. The Kier molecular flexibility index (Phi) is 4.91. The van der Waals surface area contributed by atoms with Crippen molar-refractivity contribution in [1.82, 2.24) is 19.7 Å². The molecule has 0 unspecified atom stereocenters. The van der Waals surface area contributed by atoms with Crippen LogP contribution in [-0.4, -0.2) is 31.4 Å². The van der Waals surface area contributed by atoms with Crippen LogP contribution in [0.1, 0.15) is 21.7 Å². The van der Waals surface area contributed by atoms with Crippen molar-refractivity contribution in [3.63, 3.8) is 0 Å². The van der Waals surface area contributed by atoms with Crippen molar-refractivity contribution < 1.29 is 9.59 Å². The van der Waals surface area contributed by atoms with E-state index < -0.39 is 11.7 Å². The highest BCUT2D eigenvalue weighted by Crippen LogP contribution is 2.31. The number of amides is 1. The molecule has 0 saturated carbocycles. The first-order chi connectivity index (χ1) is 15.5. The molecule has 5 aromatic rings. The van der Waals surface area contributed by atoms with E-state index in [2.05, 4.69) is 20.4 Å². The molecular weight excluding hydrogens is 422 g/mol. The first-order valence-electron chi connectivity index (χ1n) is 10.0. The van der Waals surface area contributed by atoms with Gasteiger partial charge in [-0.1, -0.05) is 36.4 Å². The molecule has 0 atom stereocenters. The van der Waals surface area contributed by atoms with E-state index in [1.54, 1.807) is 18.5 Å². The maximum atomic E-state index is 13.0. The molecule has 1 amide bonds. The van der Waals surface area contributed by atoms with E-state index in [4.69, 9.17) is 0 Å². The summed E-state index contributed by atoms with van der Waals surface area (Å²) in [6.07, 6.45) is 1.89. The molecule has 0 radical (unpaired) electrons. The molecule has 7 nitrogen and oxygen atoms in total. The molecule has 0 aliphatic rings. The second kappa shape index (κ2) is 7.90. The number of aromatic nitrogens is 4. The normalized spacial score (nSPS) is 11.1. The van der Waals surface area contributed by atoms with E-state index >= 15 is 0 Å². The van der Waals surface area contributed by atoms with Gasteiger partial charge < -0.3 is 4.98 Å². The van der Waals surface area contributed by atoms with Gasteiger partial charge in [0.25, 0.3) is 11.7 Å². The van der Waals surface area contributed by atoms with Gasteiger partial charge in [-0.25, -0.2) is 9.67 Å². The van der Waals surface area contributed by atoms with Crippen molar-refractivity contribution in [2.45, 2.75) is 13.8 Å². The Morgan fingerprint density at radius 3 is 2.59 bits per heavy atom. The van der Waals surface area contributed by atoms with Crippen LogP contribution in [0.3, 0.4) is 0 Å². The van der Waals surface area contributed by atoms with Crippen LogP contribution in [0.15, 0.2) is 66.2 Å². The number of para-hydroxylation sites is 2. The Balaban J connectivity index is 1.38. The zero-order valence-corrected chi connectivity index (χ0v) is 18.2. The van der Waals surface area contributed by atoms with Crippen molar-refractivity contribution in [2.75, 3.05) is 5.32 Å². The second-order valence-electron chi connectivity index (χ2n) is 7.36. The minimum Gasteiger partial charge on any atom is -0.360 e. The number of hydrogen-bond donors (Lipinski definition) is 2. The number of H-pyrrole nitrogens is 1. The Morgan fingerprint density at radius 1 is 1.03 bits per heavy atom. The molecule has 0 saturated heterocycles. The molecule has 158 valence electrons.